The fourth-order valence-corrected chi connectivity index (χ4v) is 4.48. The van der Waals surface area contributed by atoms with E-state index >= 15 is 0 Å². The van der Waals surface area contributed by atoms with Crippen molar-refractivity contribution in [2.45, 2.75) is 6.54 Å². The van der Waals surface area contributed by atoms with Gasteiger partial charge in [-0.3, -0.25) is 9.10 Å². The molecule has 0 fully saturated rings. The van der Waals surface area contributed by atoms with Gasteiger partial charge in [0.05, 0.1) is 18.5 Å². The second-order valence-corrected chi connectivity index (χ2v) is 9.77. The fraction of sp³-hybridized carbons (Fsp3) is 0.0800. The lowest BCUT2D eigenvalue weighted by molar-refractivity contribution is 0.102. The van der Waals surface area contributed by atoms with E-state index in [-0.39, 0.29) is 12.5 Å². The zero-order valence-electron chi connectivity index (χ0n) is 17.3. The van der Waals surface area contributed by atoms with E-state index < -0.39 is 10.0 Å². The summed E-state index contributed by atoms with van der Waals surface area (Å²) in [6.07, 6.45) is 1.16. The summed E-state index contributed by atoms with van der Waals surface area (Å²) in [6.45, 7) is 0.164. The molecule has 0 saturated heterocycles. The van der Waals surface area contributed by atoms with Crippen LogP contribution >= 0.6 is 11.6 Å². The molecule has 0 aliphatic carbocycles. The molecule has 0 radical (unpaired) electrons. The number of amides is 1. The number of nitrogens with one attached hydrogen (secondary N) is 1. The van der Waals surface area contributed by atoms with Crippen LogP contribution in [0.3, 0.4) is 0 Å². The van der Waals surface area contributed by atoms with Crippen LogP contribution in [0.2, 0.25) is 5.02 Å². The molecule has 162 valence electrons. The first-order valence-electron chi connectivity index (χ1n) is 9.92. The summed E-state index contributed by atoms with van der Waals surface area (Å²) in [4.78, 5) is 12.8. The summed E-state index contributed by atoms with van der Waals surface area (Å²) in [7, 11) is -3.53. The number of halogens is 1. The van der Waals surface area contributed by atoms with E-state index in [0.29, 0.717) is 16.3 Å². The molecule has 4 aromatic rings. The molecule has 4 rings (SSSR count). The number of hydrogen-bond donors (Lipinski definition) is 1. The SMILES string of the molecule is CS(=O)(=O)N(Cc1ccc(Cl)cc1)c1ccc(C(=O)Nc2cccc3ccccc23)cc1. The maximum atomic E-state index is 12.8. The van der Waals surface area contributed by atoms with Gasteiger partial charge in [0, 0.05) is 21.7 Å². The molecular formula is C25H21ClN2O3S. The summed E-state index contributed by atoms with van der Waals surface area (Å²) in [5.74, 6) is -0.267. The topological polar surface area (TPSA) is 66.5 Å². The van der Waals surface area contributed by atoms with Crippen molar-refractivity contribution in [2.24, 2.45) is 0 Å². The van der Waals surface area contributed by atoms with Gasteiger partial charge in [0.15, 0.2) is 0 Å². The molecule has 4 aromatic carbocycles. The van der Waals surface area contributed by atoms with Crippen molar-refractivity contribution in [3.63, 3.8) is 0 Å². The molecule has 5 nitrogen and oxygen atoms in total. The van der Waals surface area contributed by atoms with E-state index in [0.717, 1.165) is 28.3 Å². The van der Waals surface area contributed by atoms with Crippen molar-refractivity contribution in [3.8, 4) is 0 Å². The van der Waals surface area contributed by atoms with E-state index in [9.17, 15) is 13.2 Å². The predicted octanol–water partition coefficient (Wildman–Crippen LogP) is 5.71. The maximum Gasteiger partial charge on any atom is 0.255 e. The van der Waals surface area contributed by atoms with Crippen LogP contribution in [0, 0.1) is 0 Å². The van der Waals surface area contributed by atoms with Gasteiger partial charge in [-0.15, -0.1) is 0 Å². The van der Waals surface area contributed by atoms with Crippen molar-refractivity contribution in [1.82, 2.24) is 0 Å². The molecule has 0 spiro atoms. The first-order valence-corrected chi connectivity index (χ1v) is 12.2. The quantitative estimate of drug-likeness (QED) is 0.397. The molecule has 0 unspecified atom stereocenters. The maximum absolute atomic E-state index is 12.8. The minimum Gasteiger partial charge on any atom is -0.321 e. The van der Waals surface area contributed by atoms with Crippen LogP contribution in [-0.2, 0) is 16.6 Å². The molecule has 0 aliphatic heterocycles. The normalized spacial score (nSPS) is 11.3. The Bertz CT molecular complexity index is 1360. The lowest BCUT2D eigenvalue weighted by Gasteiger charge is -2.23. The summed E-state index contributed by atoms with van der Waals surface area (Å²) in [5, 5.41) is 5.51. The number of fused-ring (bicyclic) bond motifs is 1. The van der Waals surface area contributed by atoms with E-state index in [1.165, 1.54) is 4.31 Å². The smallest absolute Gasteiger partial charge is 0.255 e. The highest BCUT2D eigenvalue weighted by molar-refractivity contribution is 7.92. The summed E-state index contributed by atoms with van der Waals surface area (Å²) < 4.78 is 26.1. The zero-order chi connectivity index (χ0) is 22.7. The van der Waals surface area contributed by atoms with Gasteiger partial charge in [-0.05, 0) is 53.4 Å². The van der Waals surface area contributed by atoms with Gasteiger partial charge in [0.25, 0.3) is 5.91 Å². The Morgan fingerprint density at radius 1 is 0.875 bits per heavy atom. The average molecular weight is 465 g/mol. The fourth-order valence-electron chi connectivity index (χ4n) is 3.46. The van der Waals surface area contributed by atoms with E-state index in [2.05, 4.69) is 5.32 Å². The molecule has 1 amide bonds. The van der Waals surface area contributed by atoms with Crippen LogP contribution in [0.1, 0.15) is 15.9 Å². The van der Waals surface area contributed by atoms with Crippen molar-refractivity contribution < 1.29 is 13.2 Å². The summed E-state index contributed by atoms with van der Waals surface area (Å²) in [5.41, 5.74) is 2.43. The van der Waals surface area contributed by atoms with Crippen molar-refractivity contribution >= 4 is 49.7 Å². The van der Waals surface area contributed by atoms with Gasteiger partial charge in [-0.1, -0.05) is 60.1 Å². The van der Waals surface area contributed by atoms with Gasteiger partial charge >= 0.3 is 0 Å². The molecule has 0 heterocycles. The van der Waals surface area contributed by atoms with Crippen LogP contribution < -0.4 is 9.62 Å². The Labute approximate surface area is 192 Å². The Kier molecular flexibility index (Phi) is 6.17. The number of anilines is 2. The minimum atomic E-state index is -3.53. The lowest BCUT2D eigenvalue weighted by Crippen LogP contribution is -2.29. The van der Waals surface area contributed by atoms with Crippen LogP contribution in [0.5, 0.6) is 0 Å². The van der Waals surface area contributed by atoms with Crippen LogP contribution in [0.15, 0.2) is 91.0 Å². The third kappa shape index (κ3) is 4.93. The largest absolute Gasteiger partial charge is 0.321 e. The molecule has 0 aromatic heterocycles. The third-order valence-electron chi connectivity index (χ3n) is 5.10. The van der Waals surface area contributed by atoms with Crippen LogP contribution in [0.25, 0.3) is 10.8 Å². The van der Waals surface area contributed by atoms with Crippen molar-refractivity contribution in [3.05, 3.63) is 107 Å². The molecule has 0 saturated carbocycles. The van der Waals surface area contributed by atoms with Gasteiger partial charge in [-0.25, -0.2) is 8.42 Å². The summed E-state index contributed by atoms with van der Waals surface area (Å²) >= 11 is 5.92. The first-order chi connectivity index (χ1) is 15.3. The van der Waals surface area contributed by atoms with Crippen LogP contribution in [0.4, 0.5) is 11.4 Å². The second-order valence-electron chi connectivity index (χ2n) is 7.42. The molecule has 0 bridgehead atoms. The number of sulfonamides is 1. The number of carbonyl (C=O) groups excluding carboxylic acids is 1. The summed E-state index contributed by atoms with van der Waals surface area (Å²) in [6, 6.07) is 27.1. The lowest BCUT2D eigenvalue weighted by atomic mass is 10.1. The Morgan fingerprint density at radius 3 is 2.22 bits per heavy atom. The number of nitrogens with zero attached hydrogens (tertiary/aromatic N) is 1. The Hall–Kier alpha value is -3.35. The van der Waals surface area contributed by atoms with E-state index in [1.807, 2.05) is 42.5 Å². The molecule has 32 heavy (non-hydrogen) atoms. The highest BCUT2D eigenvalue weighted by atomic mass is 35.5. The monoisotopic (exact) mass is 464 g/mol. The minimum absolute atomic E-state index is 0.164. The second kappa shape index (κ2) is 9.02. The van der Waals surface area contributed by atoms with E-state index in [4.69, 9.17) is 11.6 Å². The zero-order valence-corrected chi connectivity index (χ0v) is 18.9. The molecule has 0 aliphatic rings. The van der Waals surface area contributed by atoms with E-state index in [1.54, 1.807) is 48.5 Å². The predicted molar refractivity (Wildman–Crippen MR) is 131 cm³/mol. The molecular weight excluding hydrogens is 444 g/mol. The Morgan fingerprint density at radius 2 is 1.53 bits per heavy atom. The molecule has 0 atom stereocenters. The van der Waals surface area contributed by atoms with Gasteiger partial charge in [0.1, 0.15) is 0 Å². The number of rotatable bonds is 6. The van der Waals surface area contributed by atoms with Crippen molar-refractivity contribution in [2.75, 3.05) is 15.9 Å². The number of carbonyl (C=O) groups is 1. The highest BCUT2D eigenvalue weighted by Crippen LogP contribution is 2.25. The standard InChI is InChI=1S/C25H21ClN2O3S/c1-32(30,31)28(17-18-9-13-21(26)14-10-18)22-15-11-20(12-16-22)25(29)27-24-8-4-6-19-5-2-3-7-23(19)24/h2-16H,17H2,1H3,(H,27,29). The number of benzene rings is 4. The van der Waals surface area contributed by atoms with Gasteiger partial charge in [-0.2, -0.15) is 0 Å². The van der Waals surface area contributed by atoms with Crippen molar-refractivity contribution in [1.29, 1.82) is 0 Å². The Balaban J connectivity index is 1.56. The van der Waals surface area contributed by atoms with Crippen LogP contribution in [-0.4, -0.2) is 20.6 Å². The average Bonchev–Trinajstić information content (AvgIpc) is 2.78. The van der Waals surface area contributed by atoms with Gasteiger partial charge in [0.2, 0.25) is 10.0 Å². The first kappa shape index (κ1) is 21.9. The molecule has 7 heteroatoms. The highest BCUT2D eigenvalue weighted by Gasteiger charge is 2.18. The van der Waals surface area contributed by atoms with Gasteiger partial charge < -0.3 is 5.32 Å². The number of hydrogen-bond acceptors (Lipinski definition) is 3. The molecule has 1 N–H and O–H groups in total. The third-order valence-corrected chi connectivity index (χ3v) is 6.49.